The topological polar surface area (TPSA) is 46.9 Å². The maximum Gasteiger partial charge on any atom is 0.230 e. The zero-order chi connectivity index (χ0) is 15.2. The highest BCUT2D eigenvalue weighted by Crippen LogP contribution is 2.17. The van der Waals surface area contributed by atoms with E-state index in [2.05, 4.69) is 10.3 Å². The van der Waals surface area contributed by atoms with Crippen LogP contribution in [-0.4, -0.2) is 21.2 Å². The van der Waals surface area contributed by atoms with Crippen molar-refractivity contribution in [3.63, 3.8) is 0 Å². The summed E-state index contributed by atoms with van der Waals surface area (Å²) in [5, 5.41) is 3.73. The molecule has 0 spiro atoms. The number of carbonyl (C=O) groups is 1. The second-order valence-corrected chi connectivity index (χ2v) is 5.57. The van der Waals surface area contributed by atoms with E-state index < -0.39 is 0 Å². The molecule has 2 rings (SSSR count). The third-order valence-corrected chi connectivity index (χ3v) is 4.10. The monoisotopic (exact) mass is 307 g/mol. The van der Waals surface area contributed by atoms with E-state index in [0.29, 0.717) is 5.75 Å². The average Bonchev–Trinajstić information content (AvgIpc) is 2.93. The lowest BCUT2D eigenvalue weighted by atomic mass is 10.1. The van der Waals surface area contributed by atoms with Gasteiger partial charge < -0.3 is 9.88 Å². The Morgan fingerprint density at radius 2 is 2.14 bits per heavy atom. The third-order valence-electron chi connectivity index (χ3n) is 3.10. The van der Waals surface area contributed by atoms with Gasteiger partial charge >= 0.3 is 0 Å². The van der Waals surface area contributed by atoms with Crippen LogP contribution < -0.4 is 5.32 Å². The highest BCUT2D eigenvalue weighted by Gasteiger charge is 2.11. The van der Waals surface area contributed by atoms with Crippen molar-refractivity contribution in [2.45, 2.75) is 31.6 Å². The van der Waals surface area contributed by atoms with Crippen LogP contribution in [0.3, 0.4) is 0 Å². The molecule has 0 aliphatic carbocycles. The van der Waals surface area contributed by atoms with Crippen LogP contribution in [0.15, 0.2) is 41.8 Å². The van der Waals surface area contributed by atoms with Crippen molar-refractivity contribution in [1.29, 1.82) is 0 Å². The normalized spacial score (nSPS) is 12.1. The minimum absolute atomic E-state index is 0.0671. The van der Waals surface area contributed by atoms with Crippen molar-refractivity contribution in [2.24, 2.45) is 0 Å². The van der Waals surface area contributed by atoms with Gasteiger partial charge in [-0.1, -0.05) is 23.9 Å². The van der Waals surface area contributed by atoms with Gasteiger partial charge in [0.25, 0.3) is 0 Å². The summed E-state index contributed by atoms with van der Waals surface area (Å²) in [5.74, 6) is -0.0376. The first-order valence-corrected chi connectivity index (χ1v) is 7.77. The van der Waals surface area contributed by atoms with Crippen LogP contribution in [0.25, 0.3) is 0 Å². The van der Waals surface area contributed by atoms with Gasteiger partial charge in [0.1, 0.15) is 5.82 Å². The molecule has 4 nitrogen and oxygen atoms in total. The Morgan fingerprint density at radius 1 is 1.43 bits per heavy atom. The molecule has 1 heterocycles. The zero-order valence-corrected chi connectivity index (χ0v) is 12.9. The number of amides is 1. The minimum atomic E-state index is -0.278. The lowest BCUT2D eigenvalue weighted by Crippen LogP contribution is -2.28. The molecule has 1 atom stereocenters. The second kappa shape index (κ2) is 7.26. The number of imidazole rings is 1. The molecule has 0 saturated carbocycles. The van der Waals surface area contributed by atoms with Crippen LogP contribution in [0.2, 0.25) is 0 Å². The number of nitrogens with one attached hydrogen (secondary N) is 1. The minimum Gasteiger partial charge on any atom is -0.349 e. The molecule has 0 fully saturated rings. The number of thioether (sulfide) groups is 1. The number of nitrogens with zero attached hydrogens (tertiary/aromatic N) is 2. The first-order valence-electron chi connectivity index (χ1n) is 6.79. The number of aromatic nitrogens is 2. The van der Waals surface area contributed by atoms with E-state index in [9.17, 15) is 9.18 Å². The van der Waals surface area contributed by atoms with E-state index in [-0.39, 0.29) is 17.8 Å². The average molecular weight is 307 g/mol. The van der Waals surface area contributed by atoms with Crippen LogP contribution in [-0.2, 0) is 11.3 Å². The number of rotatable bonds is 6. The molecule has 0 aliphatic rings. The van der Waals surface area contributed by atoms with E-state index in [1.807, 2.05) is 24.6 Å². The molecular formula is C15H18FN3OS. The first kappa shape index (κ1) is 15.6. The number of aryl methyl sites for hydroxylation is 1. The standard InChI is InChI=1S/C15H18FN3OS/c1-3-19-9-8-17-15(19)21-10-14(20)18-11(2)12-4-6-13(16)7-5-12/h4-9,11H,3,10H2,1-2H3,(H,18,20). The summed E-state index contributed by atoms with van der Waals surface area (Å²) >= 11 is 1.41. The molecular weight excluding hydrogens is 289 g/mol. The molecule has 0 saturated heterocycles. The van der Waals surface area contributed by atoms with Crippen molar-refractivity contribution >= 4 is 17.7 Å². The number of benzene rings is 1. The lowest BCUT2D eigenvalue weighted by Gasteiger charge is -2.14. The second-order valence-electron chi connectivity index (χ2n) is 4.63. The molecule has 1 unspecified atom stereocenters. The fraction of sp³-hybridized carbons (Fsp3) is 0.333. The van der Waals surface area contributed by atoms with E-state index in [1.54, 1.807) is 18.3 Å². The molecule has 112 valence electrons. The molecule has 2 aromatic rings. The van der Waals surface area contributed by atoms with Crippen LogP contribution >= 0.6 is 11.8 Å². The van der Waals surface area contributed by atoms with Gasteiger partial charge in [-0.3, -0.25) is 4.79 Å². The molecule has 0 aliphatic heterocycles. The lowest BCUT2D eigenvalue weighted by molar-refractivity contribution is -0.119. The van der Waals surface area contributed by atoms with Gasteiger partial charge in [0.2, 0.25) is 5.91 Å². The van der Waals surface area contributed by atoms with Crippen molar-refractivity contribution in [3.8, 4) is 0 Å². The molecule has 21 heavy (non-hydrogen) atoms. The Bertz CT molecular complexity index is 597. The summed E-state index contributed by atoms with van der Waals surface area (Å²) in [4.78, 5) is 16.2. The van der Waals surface area contributed by atoms with Gasteiger partial charge in [0.15, 0.2) is 5.16 Å². The van der Waals surface area contributed by atoms with Gasteiger partial charge in [0.05, 0.1) is 11.8 Å². The van der Waals surface area contributed by atoms with Crippen molar-refractivity contribution in [1.82, 2.24) is 14.9 Å². The number of carbonyl (C=O) groups excluding carboxylic acids is 1. The Labute approximate surface area is 127 Å². The Balaban J connectivity index is 1.85. The van der Waals surface area contributed by atoms with Crippen LogP contribution in [0.5, 0.6) is 0 Å². The molecule has 1 amide bonds. The van der Waals surface area contributed by atoms with Crippen LogP contribution in [0.1, 0.15) is 25.5 Å². The summed E-state index contributed by atoms with van der Waals surface area (Å²) in [5.41, 5.74) is 0.879. The molecule has 1 N–H and O–H groups in total. The predicted octanol–water partition coefficient (Wildman–Crippen LogP) is 3.01. The molecule has 6 heteroatoms. The fourth-order valence-electron chi connectivity index (χ4n) is 1.92. The van der Waals surface area contributed by atoms with E-state index in [1.165, 1.54) is 23.9 Å². The summed E-state index contributed by atoms with van der Waals surface area (Å²) in [6, 6.07) is 5.99. The van der Waals surface area contributed by atoms with Crippen molar-refractivity contribution in [2.75, 3.05) is 5.75 Å². The van der Waals surface area contributed by atoms with Gasteiger partial charge in [-0.15, -0.1) is 0 Å². The Hall–Kier alpha value is -1.82. The van der Waals surface area contributed by atoms with E-state index >= 15 is 0 Å². The third kappa shape index (κ3) is 4.32. The summed E-state index contributed by atoms with van der Waals surface area (Å²) in [7, 11) is 0. The van der Waals surface area contributed by atoms with Crippen LogP contribution in [0.4, 0.5) is 4.39 Å². The first-order chi connectivity index (χ1) is 10.1. The maximum atomic E-state index is 12.9. The molecule has 0 radical (unpaired) electrons. The highest BCUT2D eigenvalue weighted by molar-refractivity contribution is 7.99. The van der Waals surface area contributed by atoms with Crippen molar-refractivity contribution < 1.29 is 9.18 Å². The largest absolute Gasteiger partial charge is 0.349 e. The molecule has 0 bridgehead atoms. The number of hydrogen-bond acceptors (Lipinski definition) is 3. The Morgan fingerprint density at radius 3 is 2.81 bits per heavy atom. The zero-order valence-electron chi connectivity index (χ0n) is 12.0. The van der Waals surface area contributed by atoms with Gasteiger partial charge in [-0.25, -0.2) is 9.37 Å². The van der Waals surface area contributed by atoms with E-state index in [4.69, 9.17) is 0 Å². The molecule has 1 aromatic heterocycles. The fourth-order valence-corrected chi connectivity index (χ4v) is 2.76. The SMILES string of the molecule is CCn1ccnc1SCC(=O)NC(C)c1ccc(F)cc1. The summed E-state index contributed by atoms with van der Waals surface area (Å²) in [6.07, 6.45) is 3.62. The van der Waals surface area contributed by atoms with E-state index in [0.717, 1.165) is 17.3 Å². The van der Waals surface area contributed by atoms with Gasteiger partial charge in [0, 0.05) is 18.9 Å². The van der Waals surface area contributed by atoms with Gasteiger partial charge in [-0.2, -0.15) is 0 Å². The smallest absolute Gasteiger partial charge is 0.230 e. The number of hydrogen-bond donors (Lipinski definition) is 1. The number of halogens is 1. The van der Waals surface area contributed by atoms with Crippen LogP contribution in [0, 0.1) is 5.82 Å². The summed E-state index contributed by atoms with van der Waals surface area (Å²) in [6.45, 7) is 4.74. The Kier molecular flexibility index (Phi) is 5.38. The summed E-state index contributed by atoms with van der Waals surface area (Å²) < 4.78 is 14.8. The maximum absolute atomic E-state index is 12.9. The molecule has 1 aromatic carbocycles. The highest BCUT2D eigenvalue weighted by atomic mass is 32.2. The van der Waals surface area contributed by atoms with Gasteiger partial charge in [-0.05, 0) is 31.5 Å². The van der Waals surface area contributed by atoms with Crippen molar-refractivity contribution in [3.05, 3.63) is 48.0 Å². The predicted molar refractivity (Wildman–Crippen MR) is 81.6 cm³/mol. The quantitative estimate of drug-likeness (QED) is 0.835.